The molecule has 0 aliphatic rings. The second-order valence-corrected chi connectivity index (χ2v) is 5.34. The van der Waals surface area contributed by atoms with Crippen LogP contribution < -0.4 is 4.90 Å². The van der Waals surface area contributed by atoms with Gasteiger partial charge in [-0.25, -0.2) is 4.98 Å². The number of carbonyl (C=O) groups is 2. The predicted octanol–water partition coefficient (Wildman–Crippen LogP) is 2.70. The highest BCUT2D eigenvalue weighted by Gasteiger charge is 2.17. The average molecular weight is 348 g/mol. The molecule has 0 aliphatic carbocycles. The van der Waals surface area contributed by atoms with Crippen LogP contribution in [0.1, 0.15) is 22.7 Å². The molecule has 0 saturated carbocycles. The first-order chi connectivity index (χ1) is 11.8. The van der Waals surface area contributed by atoms with E-state index >= 15 is 0 Å². The number of anilines is 1. The predicted molar refractivity (Wildman–Crippen MR) is 89.3 cm³/mol. The molecule has 6 nitrogen and oxygen atoms in total. The molecule has 2 aromatic rings. The number of hydrogen-bond donors (Lipinski definition) is 0. The van der Waals surface area contributed by atoms with E-state index in [1.165, 1.54) is 35.3 Å². The fourth-order valence-corrected chi connectivity index (χ4v) is 2.24. The van der Waals surface area contributed by atoms with Gasteiger partial charge in [-0.1, -0.05) is 6.58 Å². The van der Waals surface area contributed by atoms with Gasteiger partial charge in [-0.15, -0.1) is 0 Å². The van der Waals surface area contributed by atoms with Crippen LogP contribution in [0.4, 0.5) is 14.5 Å². The normalized spacial score (nSPS) is 10.6. The van der Waals surface area contributed by atoms with Gasteiger partial charge in [0.05, 0.1) is 6.54 Å². The molecule has 0 atom stereocenters. The minimum atomic E-state index is -2.71. The minimum absolute atomic E-state index is 0.0488. The van der Waals surface area contributed by atoms with E-state index in [1.54, 1.807) is 31.3 Å². The van der Waals surface area contributed by atoms with Crippen molar-refractivity contribution in [3.8, 4) is 0 Å². The van der Waals surface area contributed by atoms with Gasteiger partial charge < -0.3 is 9.80 Å². The van der Waals surface area contributed by atoms with Gasteiger partial charge in [0.25, 0.3) is 5.91 Å². The molecule has 2 amide bonds. The summed E-state index contributed by atoms with van der Waals surface area (Å²) >= 11 is 0. The maximum atomic E-state index is 12.8. The number of aromatic nitrogens is 2. The number of rotatable bonds is 6. The van der Waals surface area contributed by atoms with Gasteiger partial charge in [0, 0.05) is 37.7 Å². The zero-order chi connectivity index (χ0) is 18.6. The summed E-state index contributed by atoms with van der Waals surface area (Å²) in [5.41, 5.74) is 0.984. The number of hydrogen-bond acceptors (Lipinski definition) is 3. The quantitative estimate of drug-likeness (QED) is 0.754. The number of nitrogens with zero attached hydrogens (tertiary/aromatic N) is 4. The molecule has 0 fully saturated rings. The topological polar surface area (TPSA) is 58.4 Å². The third kappa shape index (κ3) is 4.09. The molecule has 2 rings (SSSR count). The first-order valence-corrected chi connectivity index (χ1v) is 7.40. The number of carbonyl (C=O) groups excluding carboxylic acids is 2. The van der Waals surface area contributed by atoms with Gasteiger partial charge in [-0.05, 0) is 30.3 Å². The second kappa shape index (κ2) is 7.69. The van der Waals surface area contributed by atoms with Gasteiger partial charge in [0.15, 0.2) is 0 Å². The number of likely N-dealkylation sites (N-methyl/N-ethyl adjacent to an activating group) is 1. The van der Waals surface area contributed by atoms with Crippen molar-refractivity contribution in [3.05, 3.63) is 60.7 Å². The van der Waals surface area contributed by atoms with Gasteiger partial charge in [-0.3, -0.25) is 14.2 Å². The highest BCUT2D eigenvalue weighted by Crippen LogP contribution is 2.17. The Morgan fingerprint density at radius 1 is 1.28 bits per heavy atom. The third-order valence-corrected chi connectivity index (χ3v) is 3.69. The lowest BCUT2D eigenvalue weighted by Crippen LogP contribution is -2.28. The molecular formula is C17H18F2N4O2. The summed E-state index contributed by atoms with van der Waals surface area (Å²) in [7, 11) is 3.10. The number of halogens is 2. The van der Waals surface area contributed by atoms with Crippen LogP contribution in [0.2, 0.25) is 0 Å². The van der Waals surface area contributed by atoms with E-state index in [0.717, 1.165) is 0 Å². The van der Waals surface area contributed by atoms with Crippen LogP contribution in [0.3, 0.4) is 0 Å². The van der Waals surface area contributed by atoms with E-state index in [-0.39, 0.29) is 24.2 Å². The molecule has 25 heavy (non-hydrogen) atoms. The van der Waals surface area contributed by atoms with Crippen molar-refractivity contribution >= 4 is 17.5 Å². The first-order valence-electron chi connectivity index (χ1n) is 7.40. The zero-order valence-electron chi connectivity index (χ0n) is 13.9. The van der Waals surface area contributed by atoms with Crippen LogP contribution >= 0.6 is 0 Å². The molecule has 0 saturated heterocycles. The van der Waals surface area contributed by atoms with Gasteiger partial charge in [0.1, 0.15) is 5.82 Å². The summed E-state index contributed by atoms with van der Waals surface area (Å²) in [5.74, 6) is -0.512. The molecule has 1 aromatic carbocycles. The summed E-state index contributed by atoms with van der Waals surface area (Å²) < 4.78 is 26.4. The Labute approximate surface area is 144 Å². The Balaban J connectivity index is 2.10. The lowest BCUT2D eigenvalue weighted by atomic mass is 10.1. The van der Waals surface area contributed by atoms with Crippen LogP contribution in [-0.2, 0) is 11.3 Å². The average Bonchev–Trinajstić information content (AvgIpc) is 3.08. The van der Waals surface area contributed by atoms with Crippen molar-refractivity contribution in [1.82, 2.24) is 14.5 Å². The van der Waals surface area contributed by atoms with E-state index in [9.17, 15) is 18.4 Å². The van der Waals surface area contributed by atoms with Crippen molar-refractivity contribution in [2.45, 2.75) is 13.1 Å². The molecular weight excluding hydrogens is 330 g/mol. The molecule has 0 radical (unpaired) electrons. The van der Waals surface area contributed by atoms with E-state index in [2.05, 4.69) is 11.6 Å². The molecule has 0 aliphatic heterocycles. The van der Waals surface area contributed by atoms with Gasteiger partial charge in [0.2, 0.25) is 5.91 Å². The SMILES string of the molecule is C=CC(=O)N(C)c1ccc(C(=O)N(C)Cc2nccn2C(F)F)cc1. The van der Waals surface area contributed by atoms with Crippen molar-refractivity contribution in [2.75, 3.05) is 19.0 Å². The van der Waals surface area contributed by atoms with E-state index in [4.69, 9.17) is 0 Å². The Morgan fingerprint density at radius 2 is 1.92 bits per heavy atom. The van der Waals surface area contributed by atoms with E-state index < -0.39 is 6.55 Å². The summed E-state index contributed by atoms with van der Waals surface area (Å²) in [5, 5.41) is 0. The van der Waals surface area contributed by atoms with Gasteiger partial charge in [-0.2, -0.15) is 8.78 Å². The van der Waals surface area contributed by atoms with Crippen LogP contribution in [0, 0.1) is 0 Å². The summed E-state index contributed by atoms with van der Waals surface area (Å²) in [6.45, 7) is 0.659. The van der Waals surface area contributed by atoms with Crippen molar-refractivity contribution < 1.29 is 18.4 Å². The van der Waals surface area contributed by atoms with Crippen LogP contribution in [-0.4, -0.2) is 40.4 Å². The smallest absolute Gasteiger partial charge is 0.319 e. The van der Waals surface area contributed by atoms with Crippen molar-refractivity contribution in [1.29, 1.82) is 0 Å². The van der Waals surface area contributed by atoms with Crippen LogP contribution in [0.25, 0.3) is 0 Å². The summed E-state index contributed by atoms with van der Waals surface area (Å²) in [6.07, 6.45) is 3.62. The lowest BCUT2D eigenvalue weighted by molar-refractivity contribution is -0.113. The van der Waals surface area contributed by atoms with Crippen molar-refractivity contribution in [2.24, 2.45) is 0 Å². The number of alkyl halides is 2. The fourth-order valence-electron chi connectivity index (χ4n) is 2.24. The molecule has 132 valence electrons. The third-order valence-electron chi connectivity index (χ3n) is 3.69. The molecule has 0 bridgehead atoms. The van der Waals surface area contributed by atoms with E-state index in [1.807, 2.05) is 0 Å². The van der Waals surface area contributed by atoms with E-state index in [0.29, 0.717) is 15.8 Å². The number of imidazole rings is 1. The largest absolute Gasteiger partial charge is 0.334 e. The highest BCUT2D eigenvalue weighted by atomic mass is 19.3. The standard InChI is InChI=1S/C17H18F2N4O2/c1-4-15(24)22(3)13-7-5-12(6-8-13)16(25)21(2)11-14-20-9-10-23(14)17(18)19/h4-10,17H,1,11H2,2-3H3. The minimum Gasteiger partial charge on any atom is -0.334 e. The Hall–Kier alpha value is -3.03. The second-order valence-electron chi connectivity index (χ2n) is 5.34. The molecule has 0 unspecified atom stereocenters. The molecule has 1 aromatic heterocycles. The molecule has 0 N–H and O–H groups in total. The summed E-state index contributed by atoms with van der Waals surface area (Å²) in [4.78, 5) is 30.5. The molecule has 1 heterocycles. The monoisotopic (exact) mass is 348 g/mol. The fraction of sp³-hybridized carbons (Fsp3) is 0.235. The number of benzene rings is 1. The molecule has 0 spiro atoms. The van der Waals surface area contributed by atoms with Crippen LogP contribution in [0.5, 0.6) is 0 Å². The van der Waals surface area contributed by atoms with Crippen molar-refractivity contribution in [3.63, 3.8) is 0 Å². The Kier molecular flexibility index (Phi) is 5.63. The van der Waals surface area contributed by atoms with Gasteiger partial charge >= 0.3 is 6.55 Å². The Morgan fingerprint density at radius 3 is 2.48 bits per heavy atom. The zero-order valence-corrected chi connectivity index (χ0v) is 13.9. The highest BCUT2D eigenvalue weighted by molar-refractivity contribution is 6.01. The maximum absolute atomic E-state index is 12.8. The first kappa shape index (κ1) is 18.3. The maximum Gasteiger partial charge on any atom is 0.319 e. The lowest BCUT2D eigenvalue weighted by Gasteiger charge is -2.19. The number of amides is 2. The Bertz CT molecular complexity index is 771. The molecule has 8 heteroatoms. The van der Waals surface area contributed by atoms with Crippen LogP contribution in [0.15, 0.2) is 49.3 Å². The summed E-state index contributed by atoms with van der Waals surface area (Å²) in [6, 6.07) is 6.40.